The van der Waals surface area contributed by atoms with Gasteiger partial charge in [0.1, 0.15) is 18.4 Å². The highest BCUT2D eigenvalue weighted by atomic mass is 127. The van der Waals surface area contributed by atoms with Gasteiger partial charge in [0.2, 0.25) is 0 Å². The topological polar surface area (TPSA) is 81.8 Å². The Morgan fingerprint density at radius 1 is 1.06 bits per heavy atom. The first kappa shape index (κ1) is 22.9. The number of aliphatic imine (C=N–C) groups is 1. The molecule has 1 aliphatic rings. The van der Waals surface area contributed by atoms with Crippen molar-refractivity contribution >= 4 is 35.6 Å². The summed E-state index contributed by atoms with van der Waals surface area (Å²) >= 11 is 0. The first-order valence-corrected chi connectivity index (χ1v) is 10.1. The number of phenols is 1. The molecule has 0 spiro atoms. The van der Waals surface area contributed by atoms with E-state index in [1.165, 1.54) is 11.1 Å². The molecule has 2 heterocycles. The van der Waals surface area contributed by atoms with Gasteiger partial charge in [0.15, 0.2) is 5.96 Å². The normalized spacial score (nSPS) is 14.3. The van der Waals surface area contributed by atoms with E-state index in [4.69, 9.17) is 0 Å². The average molecular weight is 533 g/mol. The number of phenolic OH excluding ortho intramolecular Hbond substituents is 1. The highest BCUT2D eigenvalue weighted by Gasteiger charge is 2.21. The van der Waals surface area contributed by atoms with E-state index in [0.29, 0.717) is 18.8 Å². The highest BCUT2D eigenvalue weighted by molar-refractivity contribution is 14.0. The zero-order valence-corrected chi connectivity index (χ0v) is 19.9. The minimum absolute atomic E-state index is 0. The van der Waals surface area contributed by atoms with E-state index in [2.05, 4.69) is 54.5 Å². The number of guanidine groups is 1. The molecular weight excluding hydrogens is 505 g/mol. The molecule has 1 aliphatic heterocycles. The van der Waals surface area contributed by atoms with E-state index in [0.717, 1.165) is 37.8 Å². The SMILES string of the molecule is CN=C(NCc1cccc(Cn2cncn2)c1)N1CCN(c2ccccc2O)CC1.I. The fourth-order valence-electron chi connectivity index (χ4n) is 3.74. The lowest BCUT2D eigenvalue weighted by atomic mass is 10.1. The van der Waals surface area contributed by atoms with Crippen LogP contribution in [0.3, 0.4) is 0 Å². The molecule has 164 valence electrons. The summed E-state index contributed by atoms with van der Waals surface area (Å²) in [7, 11) is 1.82. The average Bonchev–Trinajstić information content (AvgIpc) is 3.28. The van der Waals surface area contributed by atoms with E-state index in [9.17, 15) is 5.11 Å². The summed E-state index contributed by atoms with van der Waals surface area (Å²) in [5.41, 5.74) is 3.27. The first-order valence-electron chi connectivity index (χ1n) is 10.1. The number of aromatic hydroxyl groups is 1. The van der Waals surface area contributed by atoms with Crippen LogP contribution in [-0.4, -0.2) is 64.0 Å². The van der Waals surface area contributed by atoms with Crippen molar-refractivity contribution in [3.8, 4) is 5.75 Å². The van der Waals surface area contributed by atoms with Crippen LogP contribution in [-0.2, 0) is 13.1 Å². The quantitative estimate of drug-likeness (QED) is 0.298. The molecule has 1 aromatic heterocycles. The second kappa shape index (κ2) is 11.0. The van der Waals surface area contributed by atoms with Crippen LogP contribution >= 0.6 is 24.0 Å². The number of aromatic nitrogens is 3. The number of para-hydroxylation sites is 2. The van der Waals surface area contributed by atoms with Gasteiger partial charge >= 0.3 is 0 Å². The first-order chi connectivity index (χ1) is 14.7. The van der Waals surface area contributed by atoms with Gasteiger partial charge < -0.3 is 20.2 Å². The summed E-state index contributed by atoms with van der Waals surface area (Å²) in [5.74, 6) is 1.23. The Hall–Kier alpha value is -2.82. The molecule has 31 heavy (non-hydrogen) atoms. The van der Waals surface area contributed by atoms with Crippen LogP contribution in [0, 0.1) is 0 Å². The predicted octanol–water partition coefficient (Wildman–Crippen LogP) is 2.55. The van der Waals surface area contributed by atoms with Gasteiger partial charge in [-0.05, 0) is 23.3 Å². The molecule has 0 atom stereocenters. The molecule has 2 N–H and O–H groups in total. The molecular formula is C22H28IN7O. The van der Waals surface area contributed by atoms with Gasteiger partial charge in [0.05, 0.1) is 12.2 Å². The number of hydrogen-bond acceptors (Lipinski definition) is 5. The van der Waals surface area contributed by atoms with Crippen LogP contribution in [0.1, 0.15) is 11.1 Å². The third-order valence-corrected chi connectivity index (χ3v) is 5.27. The minimum atomic E-state index is 0. The van der Waals surface area contributed by atoms with E-state index in [1.54, 1.807) is 18.7 Å². The Morgan fingerprint density at radius 2 is 1.84 bits per heavy atom. The maximum Gasteiger partial charge on any atom is 0.194 e. The molecule has 0 bridgehead atoms. The van der Waals surface area contributed by atoms with Crippen LogP contribution in [0.5, 0.6) is 5.75 Å². The Balaban J connectivity index is 0.00000272. The van der Waals surface area contributed by atoms with Crippen LogP contribution in [0.25, 0.3) is 0 Å². The lowest BCUT2D eigenvalue weighted by molar-refractivity contribution is 0.369. The molecule has 1 saturated heterocycles. The number of benzene rings is 2. The zero-order chi connectivity index (χ0) is 20.8. The largest absolute Gasteiger partial charge is 0.506 e. The Bertz CT molecular complexity index is 985. The van der Waals surface area contributed by atoms with Crippen molar-refractivity contribution < 1.29 is 5.11 Å². The number of piperazine rings is 1. The number of halogens is 1. The van der Waals surface area contributed by atoms with Gasteiger partial charge in [0.25, 0.3) is 0 Å². The van der Waals surface area contributed by atoms with Gasteiger partial charge in [-0.3, -0.25) is 4.99 Å². The van der Waals surface area contributed by atoms with Gasteiger partial charge in [0, 0.05) is 39.8 Å². The van der Waals surface area contributed by atoms with E-state index in [-0.39, 0.29) is 24.0 Å². The highest BCUT2D eigenvalue weighted by Crippen LogP contribution is 2.27. The van der Waals surface area contributed by atoms with Crippen molar-refractivity contribution in [3.63, 3.8) is 0 Å². The number of rotatable bonds is 5. The third kappa shape index (κ3) is 5.87. The summed E-state index contributed by atoms with van der Waals surface area (Å²) in [4.78, 5) is 12.9. The Labute approximate surface area is 199 Å². The van der Waals surface area contributed by atoms with Crippen molar-refractivity contribution in [1.29, 1.82) is 0 Å². The van der Waals surface area contributed by atoms with Gasteiger partial charge in [-0.15, -0.1) is 24.0 Å². The van der Waals surface area contributed by atoms with E-state index >= 15 is 0 Å². The number of nitrogens with zero attached hydrogens (tertiary/aromatic N) is 6. The molecule has 0 saturated carbocycles. The zero-order valence-electron chi connectivity index (χ0n) is 17.6. The van der Waals surface area contributed by atoms with Gasteiger partial charge in [-0.1, -0.05) is 36.4 Å². The monoisotopic (exact) mass is 533 g/mol. The fourth-order valence-corrected chi connectivity index (χ4v) is 3.74. The maximum absolute atomic E-state index is 10.1. The van der Waals surface area contributed by atoms with Crippen LogP contribution in [0.15, 0.2) is 66.2 Å². The fraction of sp³-hybridized carbons (Fsp3) is 0.318. The molecule has 8 nitrogen and oxygen atoms in total. The molecule has 2 aromatic carbocycles. The van der Waals surface area contributed by atoms with Crippen LogP contribution in [0.2, 0.25) is 0 Å². The summed E-state index contributed by atoms with van der Waals surface area (Å²) in [6, 6.07) is 16.0. The second-order valence-corrected chi connectivity index (χ2v) is 7.28. The Kier molecular flexibility index (Phi) is 8.10. The molecule has 9 heteroatoms. The minimum Gasteiger partial charge on any atom is -0.506 e. The summed E-state index contributed by atoms with van der Waals surface area (Å²) in [6.07, 6.45) is 3.27. The third-order valence-electron chi connectivity index (χ3n) is 5.27. The van der Waals surface area contributed by atoms with Gasteiger partial charge in [-0.2, -0.15) is 5.10 Å². The molecule has 0 radical (unpaired) electrons. The second-order valence-electron chi connectivity index (χ2n) is 7.28. The van der Waals surface area contributed by atoms with Crippen molar-refractivity contribution in [2.45, 2.75) is 13.1 Å². The van der Waals surface area contributed by atoms with Crippen LogP contribution in [0.4, 0.5) is 5.69 Å². The van der Waals surface area contributed by atoms with E-state index < -0.39 is 0 Å². The lowest BCUT2D eigenvalue weighted by Crippen LogP contribution is -2.52. The predicted molar refractivity (Wildman–Crippen MR) is 133 cm³/mol. The summed E-state index contributed by atoms with van der Waals surface area (Å²) in [6.45, 7) is 4.78. The summed E-state index contributed by atoms with van der Waals surface area (Å²) < 4.78 is 1.81. The van der Waals surface area contributed by atoms with Crippen molar-refractivity contribution in [1.82, 2.24) is 25.0 Å². The molecule has 3 aromatic rings. The standard InChI is InChI=1S/C22H27N7O.HI/c1-23-22(28-11-9-27(10-12-28)20-7-2-3-8-21(20)30)25-14-18-5-4-6-19(13-18)15-29-17-24-16-26-29;/h2-8,13,16-17,30H,9-12,14-15H2,1H3,(H,23,25);1H. The number of nitrogens with one attached hydrogen (secondary N) is 1. The number of anilines is 1. The smallest absolute Gasteiger partial charge is 0.194 e. The van der Waals surface area contributed by atoms with Crippen LogP contribution < -0.4 is 10.2 Å². The van der Waals surface area contributed by atoms with Crippen molar-refractivity contribution in [2.75, 3.05) is 38.1 Å². The number of hydrogen-bond donors (Lipinski definition) is 2. The summed E-state index contributed by atoms with van der Waals surface area (Å²) in [5, 5.41) is 17.7. The van der Waals surface area contributed by atoms with E-state index in [1.807, 2.05) is 29.9 Å². The van der Waals surface area contributed by atoms with Crippen molar-refractivity contribution in [3.05, 3.63) is 72.3 Å². The molecule has 0 unspecified atom stereocenters. The molecule has 4 rings (SSSR count). The molecule has 0 amide bonds. The molecule has 0 aliphatic carbocycles. The Morgan fingerprint density at radius 3 is 2.55 bits per heavy atom. The maximum atomic E-state index is 10.1. The van der Waals surface area contributed by atoms with Gasteiger partial charge in [-0.25, -0.2) is 9.67 Å². The molecule has 1 fully saturated rings. The van der Waals surface area contributed by atoms with Crippen molar-refractivity contribution in [2.24, 2.45) is 4.99 Å². The lowest BCUT2D eigenvalue weighted by Gasteiger charge is -2.37.